The van der Waals surface area contributed by atoms with Crippen LogP contribution in [0.2, 0.25) is 0 Å². The highest BCUT2D eigenvalue weighted by molar-refractivity contribution is 5.73. The Morgan fingerprint density at radius 3 is 2.58 bits per heavy atom. The van der Waals surface area contributed by atoms with E-state index in [1.54, 1.807) is 6.92 Å². The molecule has 112 valence electrons. The van der Waals surface area contributed by atoms with Crippen molar-refractivity contribution in [3.05, 3.63) is 0 Å². The Labute approximate surface area is 115 Å². The molecule has 0 aromatic carbocycles. The minimum atomic E-state index is -0.638. The molecule has 0 aliphatic carbocycles. The third-order valence-corrected chi connectivity index (χ3v) is 4.49. The molecule has 5 nitrogen and oxygen atoms in total. The molecule has 1 N–H and O–H groups in total. The number of carbonyl (C=O) groups is 1. The first-order valence-electron chi connectivity index (χ1n) is 6.98. The van der Waals surface area contributed by atoms with Crippen molar-refractivity contribution in [2.45, 2.75) is 71.2 Å². The molecule has 5 atom stereocenters. The van der Waals surface area contributed by atoms with Crippen LogP contribution in [0.1, 0.15) is 47.5 Å². The number of aliphatic hydroxyl groups is 1. The Hall–Kier alpha value is -0.650. The van der Waals surface area contributed by atoms with Gasteiger partial charge >= 0.3 is 5.97 Å². The zero-order valence-corrected chi connectivity index (χ0v) is 12.8. The van der Waals surface area contributed by atoms with Crippen LogP contribution in [0.5, 0.6) is 0 Å². The molecule has 19 heavy (non-hydrogen) atoms. The number of piperidine rings is 1. The van der Waals surface area contributed by atoms with Crippen LogP contribution in [-0.2, 0) is 14.4 Å². The van der Waals surface area contributed by atoms with E-state index in [4.69, 9.17) is 9.57 Å². The third-order valence-electron chi connectivity index (χ3n) is 4.49. The predicted octanol–water partition coefficient (Wildman–Crippen LogP) is 1.74. The summed E-state index contributed by atoms with van der Waals surface area (Å²) in [4.78, 5) is 17.3. The highest BCUT2D eigenvalue weighted by atomic mass is 16.7. The van der Waals surface area contributed by atoms with Crippen molar-refractivity contribution in [3.63, 3.8) is 0 Å². The van der Waals surface area contributed by atoms with Gasteiger partial charge in [-0.05, 0) is 39.5 Å². The first kappa shape index (κ1) is 16.4. The summed E-state index contributed by atoms with van der Waals surface area (Å²) in [5.41, 5.74) is -0.270. The minimum Gasteiger partial charge on any atom is -0.467 e. The van der Waals surface area contributed by atoms with E-state index in [0.717, 1.165) is 6.42 Å². The Morgan fingerprint density at radius 2 is 2.11 bits per heavy atom. The fourth-order valence-electron chi connectivity index (χ4n) is 2.66. The Morgan fingerprint density at radius 1 is 1.53 bits per heavy atom. The van der Waals surface area contributed by atoms with Gasteiger partial charge in [-0.15, -0.1) is 0 Å². The zero-order chi connectivity index (χ0) is 14.8. The number of carbonyl (C=O) groups excluding carboxylic acids is 1. The normalized spacial score (nSPS) is 37.9. The van der Waals surface area contributed by atoms with E-state index >= 15 is 0 Å². The van der Waals surface area contributed by atoms with Crippen molar-refractivity contribution in [1.82, 2.24) is 5.06 Å². The number of ether oxygens (including phenoxy) is 1. The molecule has 1 heterocycles. The first-order chi connectivity index (χ1) is 8.76. The summed E-state index contributed by atoms with van der Waals surface area (Å²) in [5, 5.41) is 12.0. The van der Waals surface area contributed by atoms with Crippen LogP contribution in [0.3, 0.4) is 0 Å². The summed E-state index contributed by atoms with van der Waals surface area (Å²) in [7, 11) is 1.35. The molecular weight excluding hydrogens is 246 g/mol. The lowest BCUT2D eigenvalue weighted by molar-refractivity contribution is -0.297. The van der Waals surface area contributed by atoms with E-state index < -0.39 is 6.10 Å². The SMILES string of the molecule is CCC1(C)CC(O)C(C)C(C)N1OC(C)C(=O)OC. The minimum absolute atomic E-state index is 0.0424. The quantitative estimate of drug-likeness (QED) is 0.791. The van der Waals surface area contributed by atoms with Crippen LogP contribution < -0.4 is 0 Å². The largest absolute Gasteiger partial charge is 0.467 e. The summed E-state index contributed by atoms with van der Waals surface area (Å²) in [6.45, 7) is 9.83. The van der Waals surface area contributed by atoms with Crippen LogP contribution in [0.15, 0.2) is 0 Å². The van der Waals surface area contributed by atoms with Crippen LogP contribution in [0.25, 0.3) is 0 Å². The maximum Gasteiger partial charge on any atom is 0.336 e. The molecule has 5 heteroatoms. The smallest absolute Gasteiger partial charge is 0.336 e. The number of methoxy groups -OCH3 is 1. The molecule has 0 spiro atoms. The standard InChI is InChI=1S/C14H27NO4/c1-7-14(5)8-12(16)9(2)10(3)15(14)19-11(4)13(17)18-6/h9-12,16H,7-8H2,1-6H3. The highest BCUT2D eigenvalue weighted by Gasteiger charge is 2.46. The number of hydrogen-bond acceptors (Lipinski definition) is 5. The van der Waals surface area contributed by atoms with Gasteiger partial charge in [0.1, 0.15) is 0 Å². The van der Waals surface area contributed by atoms with E-state index in [-0.39, 0.29) is 29.6 Å². The third kappa shape index (κ3) is 3.27. The Bertz CT molecular complexity index is 323. The number of rotatable bonds is 4. The summed E-state index contributed by atoms with van der Waals surface area (Å²) in [6, 6.07) is 0.0424. The topological polar surface area (TPSA) is 59.0 Å². The number of hydroxylamine groups is 2. The Kier molecular flexibility index (Phi) is 5.35. The molecule has 1 aliphatic heterocycles. The maximum absolute atomic E-state index is 11.5. The van der Waals surface area contributed by atoms with Crippen LogP contribution in [0, 0.1) is 5.92 Å². The van der Waals surface area contributed by atoms with Gasteiger partial charge in [0.25, 0.3) is 0 Å². The summed E-state index contributed by atoms with van der Waals surface area (Å²) in [6.07, 6.45) is 0.506. The van der Waals surface area contributed by atoms with Gasteiger partial charge in [0, 0.05) is 11.6 Å². The highest BCUT2D eigenvalue weighted by Crippen LogP contribution is 2.38. The van der Waals surface area contributed by atoms with Crippen molar-refractivity contribution in [2.75, 3.05) is 7.11 Å². The lowest BCUT2D eigenvalue weighted by Crippen LogP contribution is -2.61. The van der Waals surface area contributed by atoms with Crippen molar-refractivity contribution < 1.29 is 19.5 Å². The summed E-state index contributed by atoms with van der Waals surface area (Å²) in [5.74, 6) is -0.283. The van der Waals surface area contributed by atoms with E-state index in [1.807, 2.05) is 18.9 Å². The second-order valence-electron chi connectivity index (χ2n) is 5.82. The second-order valence-corrected chi connectivity index (χ2v) is 5.82. The zero-order valence-electron chi connectivity index (χ0n) is 12.8. The molecule has 1 rings (SSSR count). The fraction of sp³-hybridized carbons (Fsp3) is 0.929. The van der Waals surface area contributed by atoms with Gasteiger partial charge in [-0.2, -0.15) is 5.06 Å². The first-order valence-corrected chi connectivity index (χ1v) is 6.98. The number of aliphatic hydroxyl groups excluding tert-OH is 1. The van der Waals surface area contributed by atoms with Gasteiger partial charge in [-0.25, -0.2) is 4.79 Å². The monoisotopic (exact) mass is 273 g/mol. The van der Waals surface area contributed by atoms with Crippen molar-refractivity contribution in [3.8, 4) is 0 Å². The van der Waals surface area contributed by atoms with E-state index in [2.05, 4.69) is 13.8 Å². The molecule has 5 unspecified atom stereocenters. The lowest BCUT2D eigenvalue weighted by atomic mass is 9.78. The van der Waals surface area contributed by atoms with Gasteiger partial charge in [-0.3, -0.25) is 4.84 Å². The molecule has 0 aromatic rings. The van der Waals surface area contributed by atoms with Crippen LogP contribution in [-0.4, -0.2) is 47.0 Å². The molecule has 0 amide bonds. The molecule has 1 fully saturated rings. The van der Waals surface area contributed by atoms with Crippen molar-refractivity contribution >= 4 is 5.97 Å². The molecule has 1 aliphatic rings. The van der Waals surface area contributed by atoms with Crippen LogP contribution in [0.4, 0.5) is 0 Å². The van der Waals surface area contributed by atoms with Gasteiger partial charge in [0.15, 0.2) is 6.10 Å². The maximum atomic E-state index is 11.5. The lowest BCUT2D eigenvalue weighted by Gasteiger charge is -2.52. The van der Waals surface area contributed by atoms with Gasteiger partial charge < -0.3 is 9.84 Å². The molecule has 0 radical (unpaired) electrons. The average molecular weight is 273 g/mol. The van der Waals surface area contributed by atoms with Gasteiger partial charge in [0.2, 0.25) is 0 Å². The van der Waals surface area contributed by atoms with Crippen molar-refractivity contribution in [2.24, 2.45) is 5.92 Å². The summed E-state index contributed by atoms with van der Waals surface area (Å²) < 4.78 is 4.70. The fourth-order valence-corrected chi connectivity index (χ4v) is 2.66. The molecule has 0 bridgehead atoms. The number of esters is 1. The average Bonchev–Trinajstić information content (AvgIpc) is 2.40. The molecule has 1 saturated heterocycles. The Balaban J connectivity index is 2.89. The van der Waals surface area contributed by atoms with Gasteiger partial charge in [-0.1, -0.05) is 13.8 Å². The van der Waals surface area contributed by atoms with Crippen LogP contribution >= 0.6 is 0 Å². The molecule has 0 aromatic heterocycles. The summed E-state index contributed by atoms with van der Waals surface area (Å²) >= 11 is 0. The van der Waals surface area contributed by atoms with E-state index in [0.29, 0.717) is 6.42 Å². The van der Waals surface area contributed by atoms with E-state index in [1.165, 1.54) is 7.11 Å². The predicted molar refractivity (Wildman–Crippen MR) is 72.3 cm³/mol. The molecular formula is C14H27NO4. The van der Waals surface area contributed by atoms with Gasteiger partial charge in [0.05, 0.1) is 13.2 Å². The number of hydrogen-bond donors (Lipinski definition) is 1. The molecule has 0 saturated carbocycles. The second kappa shape index (κ2) is 6.20. The van der Waals surface area contributed by atoms with E-state index in [9.17, 15) is 9.90 Å². The van der Waals surface area contributed by atoms with Crippen molar-refractivity contribution in [1.29, 1.82) is 0 Å². The number of nitrogens with zero attached hydrogens (tertiary/aromatic N) is 1.